The van der Waals surface area contributed by atoms with Crippen LogP contribution in [0.15, 0.2) is 0 Å². The van der Waals surface area contributed by atoms with Gasteiger partial charge in [0.2, 0.25) is 0 Å². The van der Waals surface area contributed by atoms with Gasteiger partial charge in [0, 0.05) is 18.6 Å². The van der Waals surface area contributed by atoms with Gasteiger partial charge >= 0.3 is 0 Å². The number of hydrogen-bond donors (Lipinski definition) is 1. The first-order valence-electron chi connectivity index (χ1n) is 5.67. The fraction of sp³-hybridized carbons (Fsp3) is 1.00. The van der Waals surface area contributed by atoms with E-state index >= 15 is 0 Å². The van der Waals surface area contributed by atoms with E-state index in [1.54, 1.807) is 0 Å². The Bertz CT molecular complexity index is 204. The molecule has 1 N–H and O–H groups in total. The molecule has 0 aromatic rings. The van der Waals surface area contributed by atoms with Gasteiger partial charge in [-0.3, -0.25) is 4.90 Å². The van der Waals surface area contributed by atoms with Crippen molar-refractivity contribution >= 4 is 0 Å². The normalized spacial score (nSPS) is 35.4. The highest BCUT2D eigenvalue weighted by molar-refractivity contribution is 4.96. The van der Waals surface area contributed by atoms with Gasteiger partial charge in [0.15, 0.2) is 0 Å². The molecule has 2 aliphatic rings. The summed E-state index contributed by atoms with van der Waals surface area (Å²) in [6.07, 6.45) is 2.41. The molecule has 0 aromatic carbocycles. The second kappa shape index (κ2) is 3.47. The molecule has 2 saturated heterocycles. The van der Waals surface area contributed by atoms with E-state index in [2.05, 4.69) is 31.0 Å². The van der Waals surface area contributed by atoms with Crippen LogP contribution in [0.4, 0.5) is 0 Å². The molecule has 0 aliphatic carbocycles. The molecule has 2 rings (SSSR count). The Kier molecular flexibility index (Phi) is 2.58. The quantitative estimate of drug-likeness (QED) is 0.633. The lowest BCUT2D eigenvalue weighted by Gasteiger charge is -2.46. The second-order valence-electron chi connectivity index (χ2n) is 5.40. The number of piperidine rings is 1. The maximum Gasteiger partial charge on any atom is 0.134 e. The summed E-state index contributed by atoms with van der Waals surface area (Å²) in [6.45, 7) is 10.9. The molecule has 2 heterocycles. The largest absolute Gasteiger partial charge is 0.358 e. The Morgan fingerprint density at radius 2 is 2.14 bits per heavy atom. The lowest BCUT2D eigenvalue weighted by molar-refractivity contribution is -0.125. The van der Waals surface area contributed by atoms with Gasteiger partial charge in [0.1, 0.15) is 5.72 Å². The van der Waals surface area contributed by atoms with Gasteiger partial charge in [-0.25, -0.2) is 0 Å². The number of hydrogen-bond acceptors (Lipinski definition) is 3. The summed E-state index contributed by atoms with van der Waals surface area (Å²) in [4.78, 5) is 2.52. The van der Waals surface area contributed by atoms with Gasteiger partial charge in [-0.05, 0) is 40.2 Å². The molecule has 0 saturated carbocycles. The third-order valence-electron chi connectivity index (χ3n) is 3.31. The topological polar surface area (TPSA) is 24.5 Å². The minimum atomic E-state index is -0.00347. The second-order valence-corrected chi connectivity index (χ2v) is 5.40. The predicted octanol–water partition coefficient (Wildman–Crippen LogP) is 1.20. The van der Waals surface area contributed by atoms with E-state index in [0.717, 1.165) is 26.2 Å². The molecule has 2 fully saturated rings. The van der Waals surface area contributed by atoms with Crippen molar-refractivity contribution in [3.8, 4) is 0 Å². The molecule has 2 aliphatic heterocycles. The maximum absolute atomic E-state index is 5.98. The molecule has 1 atom stereocenters. The summed E-state index contributed by atoms with van der Waals surface area (Å²) in [5.74, 6) is 0. The van der Waals surface area contributed by atoms with Crippen LogP contribution in [0.3, 0.4) is 0 Å². The minimum absolute atomic E-state index is 0.00347. The van der Waals surface area contributed by atoms with Crippen molar-refractivity contribution in [2.45, 2.75) is 44.9 Å². The molecule has 3 heteroatoms. The number of nitrogens with one attached hydrogen (secondary N) is 1. The fourth-order valence-electron chi connectivity index (χ4n) is 2.77. The van der Waals surface area contributed by atoms with Crippen LogP contribution in [-0.4, -0.2) is 42.4 Å². The predicted molar refractivity (Wildman–Crippen MR) is 57.2 cm³/mol. The number of ether oxygens (including phenoxy) is 1. The Morgan fingerprint density at radius 1 is 1.36 bits per heavy atom. The number of rotatable bonds is 0. The summed E-state index contributed by atoms with van der Waals surface area (Å²) >= 11 is 0. The van der Waals surface area contributed by atoms with Gasteiger partial charge in [-0.1, -0.05) is 0 Å². The summed E-state index contributed by atoms with van der Waals surface area (Å²) in [5, 5.41) is 3.45. The third-order valence-corrected chi connectivity index (χ3v) is 3.31. The Morgan fingerprint density at radius 3 is 2.71 bits per heavy atom. The molecule has 1 unspecified atom stereocenters. The van der Waals surface area contributed by atoms with Crippen LogP contribution < -0.4 is 5.32 Å². The third kappa shape index (κ3) is 1.69. The summed E-state index contributed by atoms with van der Waals surface area (Å²) < 4.78 is 5.98. The fourth-order valence-corrected chi connectivity index (χ4v) is 2.77. The standard InChI is InChI=1S/C11H22N2O/c1-10(2,3)13-7-8-14-11(13)5-4-6-12-9-11/h12H,4-9H2,1-3H3. The van der Waals surface area contributed by atoms with Crippen molar-refractivity contribution < 1.29 is 4.74 Å². The van der Waals surface area contributed by atoms with E-state index < -0.39 is 0 Å². The maximum atomic E-state index is 5.98. The van der Waals surface area contributed by atoms with Crippen molar-refractivity contribution in [1.29, 1.82) is 0 Å². The zero-order chi connectivity index (χ0) is 10.2. The average Bonchev–Trinajstić information content (AvgIpc) is 2.49. The van der Waals surface area contributed by atoms with Crippen LogP contribution in [0.5, 0.6) is 0 Å². The van der Waals surface area contributed by atoms with E-state index in [9.17, 15) is 0 Å². The molecule has 0 aromatic heterocycles. The highest BCUT2D eigenvalue weighted by Gasteiger charge is 2.47. The first-order valence-corrected chi connectivity index (χ1v) is 5.67. The monoisotopic (exact) mass is 198 g/mol. The van der Waals surface area contributed by atoms with Crippen molar-refractivity contribution in [2.24, 2.45) is 0 Å². The van der Waals surface area contributed by atoms with Gasteiger partial charge in [0.25, 0.3) is 0 Å². The van der Waals surface area contributed by atoms with Crippen molar-refractivity contribution in [3.05, 3.63) is 0 Å². The molecule has 3 nitrogen and oxygen atoms in total. The minimum Gasteiger partial charge on any atom is -0.358 e. The van der Waals surface area contributed by atoms with Crippen molar-refractivity contribution in [1.82, 2.24) is 10.2 Å². The van der Waals surface area contributed by atoms with Crippen molar-refractivity contribution in [3.63, 3.8) is 0 Å². The summed E-state index contributed by atoms with van der Waals surface area (Å²) in [7, 11) is 0. The Balaban J connectivity index is 2.16. The van der Waals surface area contributed by atoms with Crippen molar-refractivity contribution in [2.75, 3.05) is 26.2 Å². The van der Waals surface area contributed by atoms with Gasteiger partial charge in [-0.15, -0.1) is 0 Å². The van der Waals surface area contributed by atoms with Crippen LogP contribution in [-0.2, 0) is 4.74 Å². The van der Waals surface area contributed by atoms with E-state index in [1.807, 2.05) is 0 Å². The summed E-state index contributed by atoms with van der Waals surface area (Å²) in [6, 6.07) is 0. The highest BCUT2D eigenvalue weighted by atomic mass is 16.5. The van der Waals surface area contributed by atoms with E-state index in [4.69, 9.17) is 4.74 Å². The van der Waals surface area contributed by atoms with Crippen LogP contribution in [0.25, 0.3) is 0 Å². The first kappa shape index (κ1) is 10.4. The SMILES string of the molecule is CC(C)(C)N1CCOC12CCCNC2. The molecule has 1 spiro atoms. The first-order chi connectivity index (χ1) is 6.55. The van der Waals surface area contributed by atoms with Crippen LogP contribution in [0, 0.1) is 0 Å². The van der Waals surface area contributed by atoms with Gasteiger partial charge in [-0.2, -0.15) is 0 Å². The molecule has 0 radical (unpaired) electrons. The lowest BCUT2D eigenvalue weighted by Crippen LogP contribution is -2.60. The van der Waals surface area contributed by atoms with E-state index in [0.29, 0.717) is 0 Å². The molecule has 14 heavy (non-hydrogen) atoms. The Hall–Kier alpha value is -0.120. The molecular weight excluding hydrogens is 176 g/mol. The average molecular weight is 198 g/mol. The molecular formula is C11H22N2O. The van der Waals surface area contributed by atoms with Crippen LogP contribution in [0.1, 0.15) is 33.6 Å². The highest BCUT2D eigenvalue weighted by Crippen LogP contribution is 2.35. The molecule has 82 valence electrons. The lowest BCUT2D eigenvalue weighted by atomic mass is 9.95. The number of nitrogens with zero attached hydrogens (tertiary/aromatic N) is 1. The zero-order valence-electron chi connectivity index (χ0n) is 9.60. The van der Waals surface area contributed by atoms with Gasteiger partial charge < -0.3 is 10.1 Å². The molecule has 0 amide bonds. The zero-order valence-corrected chi connectivity index (χ0v) is 9.60. The van der Waals surface area contributed by atoms with Gasteiger partial charge in [0.05, 0.1) is 6.61 Å². The van der Waals surface area contributed by atoms with Crippen LogP contribution in [0.2, 0.25) is 0 Å². The molecule has 0 bridgehead atoms. The smallest absolute Gasteiger partial charge is 0.134 e. The summed E-state index contributed by atoms with van der Waals surface area (Å²) in [5.41, 5.74) is 0.214. The van der Waals surface area contributed by atoms with Crippen LogP contribution >= 0.6 is 0 Å². The Labute approximate surface area is 86.8 Å². The van der Waals surface area contributed by atoms with E-state index in [1.165, 1.54) is 12.8 Å². The van der Waals surface area contributed by atoms with E-state index in [-0.39, 0.29) is 11.3 Å².